The fraction of sp³-hybridized carbons (Fsp3) is 0.667. The van der Waals surface area contributed by atoms with Gasteiger partial charge in [-0.05, 0) is 62.2 Å². The fourth-order valence-electron chi connectivity index (χ4n) is 8.29. The molecule has 1 aromatic rings. The molecule has 0 bridgehead atoms. The number of benzene rings is 1. The van der Waals surface area contributed by atoms with Crippen LogP contribution < -0.4 is 5.32 Å². The van der Waals surface area contributed by atoms with Crippen LogP contribution in [-0.4, -0.2) is 77.5 Å². The van der Waals surface area contributed by atoms with Crippen LogP contribution in [0.25, 0.3) is 0 Å². The largest absolute Gasteiger partial charge is 0.461 e. The molecule has 0 radical (unpaired) electrons. The molecular weight excluding hydrogens is 516 g/mol. The maximum absolute atomic E-state index is 14.3. The number of aliphatic hydroxyl groups is 1. The lowest BCUT2D eigenvalue weighted by atomic mass is 9.52. The van der Waals surface area contributed by atoms with Gasteiger partial charge in [0.25, 0.3) is 5.91 Å². The summed E-state index contributed by atoms with van der Waals surface area (Å²) in [6.45, 7) is 7.66. The Bertz CT molecular complexity index is 1220. The van der Waals surface area contributed by atoms with E-state index in [-0.39, 0.29) is 24.9 Å². The number of ether oxygens (including phenoxy) is 3. The second kappa shape index (κ2) is 9.27. The number of nitrogens with zero attached hydrogens (tertiary/aromatic N) is 1. The first-order valence-electron chi connectivity index (χ1n) is 14.4. The van der Waals surface area contributed by atoms with Crippen LogP contribution in [0.15, 0.2) is 30.3 Å². The van der Waals surface area contributed by atoms with Crippen molar-refractivity contribution >= 4 is 23.8 Å². The number of nitrogens with one attached hydrogen (secondary N) is 1. The third-order valence-corrected chi connectivity index (χ3v) is 10.3. The molecule has 40 heavy (non-hydrogen) atoms. The predicted molar refractivity (Wildman–Crippen MR) is 140 cm³/mol. The molecule has 1 aliphatic carbocycles. The molecule has 6 atom stereocenters. The molecule has 2 N–H and O–H groups in total. The molecule has 1 saturated carbocycles. The summed E-state index contributed by atoms with van der Waals surface area (Å²) in [4.78, 5) is 55.8. The minimum atomic E-state index is -1.75. The van der Waals surface area contributed by atoms with Crippen molar-refractivity contribution in [1.82, 2.24) is 10.2 Å². The molecule has 5 aliphatic rings. The van der Waals surface area contributed by atoms with Gasteiger partial charge in [0.2, 0.25) is 0 Å². The second-order valence-electron chi connectivity index (χ2n) is 13.1. The molecule has 2 spiro atoms. The van der Waals surface area contributed by atoms with Crippen molar-refractivity contribution in [2.24, 2.45) is 22.2 Å². The first-order valence-corrected chi connectivity index (χ1v) is 14.4. The van der Waals surface area contributed by atoms with Crippen molar-refractivity contribution < 1.29 is 38.5 Å². The SMILES string of the molecule is CC(C)(C)[C@]1(O)C[C@@H]2OC(=O)C[C@@]23C(=O)O[C@@H]2N(CCCC4CCNCC4)C(=O)[C@@H](OC(=O)c4ccccc4)[C@]213. The van der Waals surface area contributed by atoms with Gasteiger partial charge in [-0.2, -0.15) is 0 Å². The molecule has 216 valence electrons. The number of likely N-dealkylation sites (tertiary alicyclic amines) is 1. The molecule has 4 heterocycles. The van der Waals surface area contributed by atoms with E-state index in [0.29, 0.717) is 12.3 Å². The van der Waals surface area contributed by atoms with Crippen molar-refractivity contribution in [2.45, 2.75) is 83.3 Å². The highest BCUT2D eigenvalue weighted by Crippen LogP contribution is 2.76. The molecule has 0 unspecified atom stereocenters. The first kappa shape index (κ1) is 27.2. The van der Waals surface area contributed by atoms with Gasteiger partial charge in [-0.1, -0.05) is 39.0 Å². The lowest BCUT2D eigenvalue weighted by molar-refractivity contribution is -0.212. The van der Waals surface area contributed by atoms with Crippen LogP contribution in [0.5, 0.6) is 0 Å². The Kier molecular flexibility index (Phi) is 6.31. The van der Waals surface area contributed by atoms with Crippen molar-refractivity contribution in [3.8, 4) is 0 Å². The Balaban J connectivity index is 1.44. The standard InChI is InChI=1S/C30H38N2O8/c1-27(2,3)29(37)16-20-28(17-21(33)38-20)26(36)40-25-30(28,29)22(39-24(35)19-9-5-4-6-10-19)23(34)32(25)15-7-8-18-11-13-31-14-12-18/h4-6,9-10,18,20,22,25,31,37H,7-8,11-17H2,1-3H3/t20-,22+,25-,28-,29+,30+/m0/s1. The Morgan fingerprint density at radius 2 is 1.82 bits per heavy atom. The minimum Gasteiger partial charge on any atom is -0.461 e. The van der Waals surface area contributed by atoms with Gasteiger partial charge in [0.1, 0.15) is 16.9 Å². The summed E-state index contributed by atoms with van der Waals surface area (Å²) in [7, 11) is 0. The third-order valence-electron chi connectivity index (χ3n) is 10.3. The second-order valence-corrected chi connectivity index (χ2v) is 13.1. The molecule has 10 nitrogen and oxygen atoms in total. The average Bonchev–Trinajstić information content (AvgIpc) is 3.53. The summed E-state index contributed by atoms with van der Waals surface area (Å²) in [6, 6.07) is 8.29. The average molecular weight is 555 g/mol. The molecule has 4 saturated heterocycles. The molecule has 10 heteroatoms. The van der Waals surface area contributed by atoms with Gasteiger partial charge in [0, 0.05) is 13.0 Å². The molecule has 1 amide bonds. The van der Waals surface area contributed by atoms with E-state index in [4.69, 9.17) is 14.2 Å². The highest BCUT2D eigenvalue weighted by molar-refractivity contribution is 5.99. The van der Waals surface area contributed by atoms with E-state index < -0.39 is 64.1 Å². The van der Waals surface area contributed by atoms with Crippen LogP contribution in [0.4, 0.5) is 0 Å². The van der Waals surface area contributed by atoms with Crippen molar-refractivity contribution in [2.75, 3.05) is 19.6 Å². The molecule has 6 rings (SSSR count). The maximum Gasteiger partial charge on any atom is 0.338 e. The topological polar surface area (TPSA) is 131 Å². The number of rotatable bonds is 6. The highest BCUT2D eigenvalue weighted by atomic mass is 16.6. The van der Waals surface area contributed by atoms with Crippen LogP contribution in [0.1, 0.15) is 69.7 Å². The number of hydrogen-bond acceptors (Lipinski definition) is 9. The molecule has 5 fully saturated rings. The van der Waals surface area contributed by atoms with E-state index in [2.05, 4.69) is 5.32 Å². The summed E-state index contributed by atoms with van der Waals surface area (Å²) >= 11 is 0. The highest BCUT2D eigenvalue weighted by Gasteiger charge is 2.93. The van der Waals surface area contributed by atoms with Crippen molar-refractivity contribution in [3.63, 3.8) is 0 Å². The van der Waals surface area contributed by atoms with Crippen LogP contribution in [0.3, 0.4) is 0 Å². The molecule has 4 aliphatic heterocycles. The molecule has 0 aromatic heterocycles. The van der Waals surface area contributed by atoms with E-state index in [1.165, 1.54) is 4.90 Å². The van der Waals surface area contributed by atoms with Gasteiger partial charge >= 0.3 is 17.9 Å². The van der Waals surface area contributed by atoms with Crippen LogP contribution in [0.2, 0.25) is 0 Å². The summed E-state index contributed by atoms with van der Waals surface area (Å²) in [5.41, 5.74) is -5.80. The monoisotopic (exact) mass is 554 g/mol. The van der Waals surface area contributed by atoms with E-state index in [0.717, 1.165) is 32.4 Å². The van der Waals surface area contributed by atoms with Gasteiger partial charge in [-0.3, -0.25) is 14.4 Å². The van der Waals surface area contributed by atoms with Crippen LogP contribution in [0, 0.1) is 22.2 Å². The minimum absolute atomic E-state index is 0.0661. The number of amides is 1. The summed E-state index contributed by atoms with van der Waals surface area (Å²) in [5, 5.41) is 16.0. The van der Waals surface area contributed by atoms with Crippen LogP contribution in [-0.2, 0) is 28.6 Å². The predicted octanol–water partition coefficient (Wildman–Crippen LogP) is 2.19. The quantitative estimate of drug-likeness (QED) is 0.401. The van der Waals surface area contributed by atoms with Crippen LogP contribution >= 0.6 is 0 Å². The normalized spacial score (nSPS) is 37.1. The Morgan fingerprint density at radius 1 is 1.12 bits per heavy atom. The number of carbonyl (C=O) groups excluding carboxylic acids is 4. The number of piperidine rings is 1. The fourth-order valence-corrected chi connectivity index (χ4v) is 8.29. The van der Waals surface area contributed by atoms with Gasteiger partial charge in [0.15, 0.2) is 12.3 Å². The Hall–Kier alpha value is -2.98. The zero-order valence-electron chi connectivity index (χ0n) is 23.3. The smallest absolute Gasteiger partial charge is 0.338 e. The summed E-state index contributed by atoms with van der Waals surface area (Å²) < 4.78 is 17.7. The summed E-state index contributed by atoms with van der Waals surface area (Å²) in [6.07, 6.45) is -0.473. The first-order chi connectivity index (χ1) is 19.0. The lowest BCUT2D eigenvalue weighted by Crippen LogP contribution is -2.66. The Labute approximate surface area is 233 Å². The van der Waals surface area contributed by atoms with E-state index >= 15 is 0 Å². The maximum atomic E-state index is 14.3. The third kappa shape index (κ3) is 3.47. The van der Waals surface area contributed by atoms with Gasteiger partial charge < -0.3 is 29.5 Å². The molecule has 1 aromatic carbocycles. The number of hydrogen-bond donors (Lipinski definition) is 2. The van der Waals surface area contributed by atoms with Gasteiger partial charge in [-0.25, -0.2) is 4.79 Å². The van der Waals surface area contributed by atoms with Crippen molar-refractivity contribution in [1.29, 1.82) is 0 Å². The lowest BCUT2D eigenvalue weighted by Gasteiger charge is -2.51. The summed E-state index contributed by atoms with van der Waals surface area (Å²) in [5.74, 6) is -2.02. The van der Waals surface area contributed by atoms with Gasteiger partial charge in [-0.15, -0.1) is 0 Å². The molecular formula is C30H38N2O8. The van der Waals surface area contributed by atoms with Crippen molar-refractivity contribution in [3.05, 3.63) is 35.9 Å². The Morgan fingerprint density at radius 3 is 2.50 bits per heavy atom. The van der Waals surface area contributed by atoms with Gasteiger partial charge in [0.05, 0.1) is 17.6 Å². The number of carbonyl (C=O) groups is 4. The zero-order chi connectivity index (χ0) is 28.5. The van der Waals surface area contributed by atoms with E-state index in [1.807, 2.05) is 20.8 Å². The van der Waals surface area contributed by atoms with E-state index in [9.17, 15) is 24.3 Å². The van der Waals surface area contributed by atoms with E-state index in [1.54, 1.807) is 30.3 Å². The number of esters is 3. The zero-order valence-corrected chi connectivity index (χ0v) is 23.3.